The first-order valence-electron chi connectivity index (χ1n) is 6.54. The Kier molecular flexibility index (Phi) is 3.80. The number of H-pyrrole nitrogens is 1. The molecule has 0 radical (unpaired) electrons. The minimum absolute atomic E-state index is 0.160. The quantitative estimate of drug-likeness (QED) is 0.858. The lowest BCUT2D eigenvalue weighted by atomic mass is 10.2. The highest BCUT2D eigenvalue weighted by Crippen LogP contribution is 2.38. The first-order valence-corrected chi connectivity index (χ1v) is 7.74. The van der Waals surface area contributed by atoms with E-state index in [4.69, 9.17) is 11.6 Å². The Morgan fingerprint density at radius 3 is 3.00 bits per heavy atom. The minimum Gasteiger partial charge on any atom is -0.267 e. The summed E-state index contributed by atoms with van der Waals surface area (Å²) in [6.07, 6.45) is 5.26. The number of halogens is 1. The molecule has 8 heteroatoms. The Hall–Kier alpha value is -1.34. The van der Waals surface area contributed by atoms with Crippen LogP contribution in [0.2, 0.25) is 5.15 Å². The van der Waals surface area contributed by atoms with Gasteiger partial charge in [0.05, 0.1) is 0 Å². The Labute approximate surface area is 125 Å². The van der Waals surface area contributed by atoms with Crippen LogP contribution in [0.5, 0.6) is 0 Å². The number of hydrogen-bond acceptors (Lipinski definition) is 5. The molecule has 2 heterocycles. The molecular weight excluding hydrogens is 298 g/mol. The van der Waals surface area contributed by atoms with Crippen LogP contribution in [0.25, 0.3) is 0 Å². The number of rotatable bonds is 5. The molecule has 1 fully saturated rings. The summed E-state index contributed by atoms with van der Waals surface area (Å²) in [6.45, 7) is 2.08. The van der Waals surface area contributed by atoms with Crippen LogP contribution in [0.3, 0.4) is 0 Å². The lowest BCUT2D eigenvalue weighted by Gasteiger charge is -2.08. The van der Waals surface area contributed by atoms with Gasteiger partial charge >= 0.3 is 5.69 Å². The number of nitrogens with zero attached hydrogens (tertiary/aromatic N) is 4. The van der Waals surface area contributed by atoms with E-state index in [0.29, 0.717) is 10.3 Å². The van der Waals surface area contributed by atoms with Crippen LogP contribution < -0.4 is 5.69 Å². The van der Waals surface area contributed by atoms with Crippen molar-refractivity contribution in [1.82, 2.24) is 24.7 Å². The average molecular weight is 312 g/mol. The predicted octanol–water partition coefficient (Wildman–Crippen LogP) is 2.45. The molecule has 0 bridgehead atoms. The van der Waals surface area contributed by atoms with Crippen molar-refractivity contribution < 1.29 is 0 Å². The van der Waals surface area contributed by atoms with Crippen molar-refractivity contribution in [1.29, 1.82) is 0 Å². The second-order valence-corrected chi connectivity index (χ2v) is 6.03. The zero-order valence-corrected chi connectivity index (χ0v) is 12.5. The monoisotopic (exact) mass is 311 g/mol. The summed E-state index contributed by atoms with van der Waals surface area (Å²) in [7, 11) is 0. The van der Waals surface area contributed by atoms with Crippen molar-refractivity contribution in [2.24, 2.45) is 0 Å². The molecule has 3 rings (SSSR count). The number of hydrogen-bond donors (Lipinski definition) is 1. The molecule has 1 aliphatic carbocycles. The van der Waals surface area contributed by atoms with Crippen molar-refractivity contribution in [3.05, 3.63) is 27.5 Å². The van der Waals surface area contributed by atoms with Crippen LogP contribution in [0.4, 0.5) is 0 Å². The third-order valence-electron chi connectivity index (χ3n) is 3.13. The SMILES string of the molecule is CCCc1c(Cl)ncnc1Sc1n[nH]c(=O)n1C1CC1. The molecule has 0 amide bonds. The highest BCUT2D eigenvalue weighted by Gasteiger charge is 2.29. The number of aromatic amines is 1. The van der Waals surface area contributed by atoms with Gasteiger partial charge in [-0.1, -0.05) is 24.9 Å². The number of nitrogens with one attached hydrogen (secondary N) is 1. The standard InChI is InChI=1S/C12H14ClN5OS/c1-2-3-8-9(13)14-6-15-10(8)20-12-17-16-11(19)18(12)7-4-5-7/h6-7H,2-5H2,1H3,(H,16,19). The van der Waals surface area contributed by atoms with Crippen LogP contribution in [0, 0.1) is 0 Å². The van der Waals surface area contributed by atoms with Gasteiger partial charge in [-0.05, 0) is 31.0 Å². The Morgan fingerprint density at radius 2 is 2.30 bits per heavy atom. The van der Waals surface area contributed by atoms with E-state index in [1.165, 1.54) is 18.1 Å². The lowest BCUT2D eigenvalue weighted by molar-refractivity contribution is 0.641. The predicted molar refractivity (Wildman–Crippen MR) is 76.3 cm³/mol. The molecule has 0 atom stereocenters. The van der Waals surface area contributed by atoms with Crippen molar-refractivity contribution in [3.8, 4) is 0 Å². The fraction of sp³-hybridized carbons (Fsp3) is 0.500. The van der Waals surface area contributed by atoms with Gasteiger partial charge in [-0.3, -0.25) is 4.57 Å². The van der Waals surface area contributed by atoms with Gasteiger partial charge in [0.15, 0.2) is 5.16 Å². The van der Waals surface area contributed by atoms with E-state index in [2.05, 4.69) is 27.1 Å². The smallest absolute Gasteiger partial charge is 0.267 e. The first kappa shape index (κ1) is 13.6. The molecule has 1 N–H and O–H groups in total. The fourth-order valence-electron chi connectivity index (χ4n) is 2.03. The molecule has 20 heavy (non-hydrogen) atoms. The third kappa shape index (κ3) is 2.60. The van der Waals surface area contributed by atoms with Crippen LogP contribution >= 0.6 is 23.4 Å². The van der Waals surface area contributed by atoms with Crippen molar-refractivity contribution in [2.45, 2.75) is 48.8 Å². The first-order chi connectivity index (χ1) is 9.70. The molecule has 6 nitrogen and oxygen atoms in total. The van der Waals surface area contributed by atoms with E-state index in [0.717, 1.165) is 36.3 Å². The maximum atomic E-state index is 11.8. The maximum Gasteiger partial charge on any atom is 0.344 e. The van der Waals surface area contributed by atoms with Gasteiger partial charge in [0.1, 0.15) is 16.5 Å². The summed E-state index contributed by atoms with van der Waals surface area (Å²) in [6, 6.07) is 0.274. The molecule has 2 aromatic heterocycles. The summed E-state index contributed by atoms with van der Waals surface area (Å²) >= 11 is 7.50. The fourth-order valence-corrected chi connectivity index (χ4v) is 3.33. The summed E-state index contributed by atoms with van der Waals surface area (Å²) in [5, 5.41) is 8.48. The third-order valence-corrected chi connectivity index (χ3v) is 4.47. The highest BCUT2D eigenvalue weighted by atomic mass is 35.5. The molecule has 0 aliphatic heterocycles. The maximum absolute atomic E-state index is 11.8. The van der Waals surface area contributed by atoms with Gasteiger partial charge in [0, 0.05) is 11.6 Å². The van der Waals surface area contributed by atoms with E-state index in [-0.39, 0.29) is 11.7 Å². The van der Waals surface area contributed by atoms with E-state index in [1.54, 1.807) is 4.57 Å². The van der Waals surface area contributed by atoms with Gasteiger partial charge in [-0.2, -0.15) is 0 Å². The molecule has 106 valence electrons. The van der Waals surface area contributed by atoms with Gasteiger partial charge in [0.2, 0.25) is 0 Å². The largest absolute Gasteiger partial charge is 0.344 e. The molecule has 2 aromatic rings. The van der Waals surface area contributed by atoms with Crippen LogP contribution in [0.1, 0.15) is 37.8 Å². The van der Waals surface area contributed by atoms with Crippen molar-refractivity contribution >= 4 is 23.4 Å². The average Bonchev–Trinajstić information content (AvgIpc) is 3.19. The van der Waals surface area contributed by atoms with E-state index in [1.807, 2.05) is 0 Å². The van der Waals surface area contributed by atoms with Gasteiger partial charge in [-0.15, -0.1) is 5.10 Å². The van der Waals surface area contributed by atoms with E-state index >= 15 is 0 Å². The molecular formula is C12H14ClN5OS. The molecule has 1 aliphatic rings. The number of aromatic nitrogens is 5. The Bertz CT molecular complexity index is 679. The Balaban J connectivity index is 1.95. The van der Waals surface area contributed by atoms with Crippen LogP contribution in [-0.4, -0.2) is 24.7 Å². The van der Waals surface area contributed by atoms with Gasteiger partial charge in [-0.25, -0.2) is 19.9 Å². The normalized spacial score (nSPS) is 14.7. The van der Waals surface area contributed by atoms with E-state index in [9.17, 15) is 4.79 Å². The molecule has 0 unspecified atom stereocenters. The lowest BCUT2D eigenvalue weighted by Crippen LogP contribution is -2.16. The van der Waals surface area contributed by atoms with Gasteiger partial charge in [0.25, 0.3) is 0 Å². The topological polar surface area (TPSA) is 76.5 Å². The molecule has 0 spiro atoms. The molecule has 1 saturated carbocycles. The Morgan fingerprint density at radius 1 is 1.50 bits per heavy atom. The van der Waals surface area contributed by atoms with Crippen LogP contribution in [-0.2, 0) is 6.42 Å². The summed E-state index contributed by atoms with van der Waals surface area (Å²) in [5.41, 5.74) is 0.756. The van der Waals surface area contributed by atoms with Crippen molar-refractivity contribution in [3.63, 3.8) is 0 Å². The van der Waals surface area contributed by atoms with Crippen LogP contribution in [0.15, 0.2) is 21.3 Å². The summed E-state index contributed by atoms with van der Waals surface area (Å²) < 4.78 is 1.70. The highest BCUT2D eigenvalue weighted by molar-refractivity contribution is 7.99. The minimum atomic E-state index is -0.160. The zero-order chi connectivity index (χ0) is 14.1. The second kappa shape index (κ2) is 5.57. The second-order valence-electron chi connectivity index (χ2n) is 4.71. The van der Waals surface area contributed by atoms with E-state index < -0.39 is 0 Å². The summed E-state index contributed by atoms with van der Waals surface area (Å²) in [4.78, 5) is 20.1. The molecule has 0 saturated heterocycles. The van der Waals surface area contributed by atoms with Crippen molar-refractivity contribution in [2.75, 3.05) is 0 Å². The van der Waals surface area contributed by atoms with Gasteiger partial charge < -0.3 is 0 Å². The molecule has 0 aromatic carbocycles. The zero-order valence-electron chi connectivity index (χ0n) is 11.0. The summed E-state index contributed by atoms with van der Waals surface area (Å²) in [5.74, 6) is 0.